The first kappa shape index (κ1) is 14.5. The second-order valence-electron chi connectivity index (χ2n) is 5.88. The van der Waals surface area contributed by atoms with Crippen molar-refractivity contribution in [1.82, 2.24) is 0 Å². The van der Waals surface area contributed by atoms with Crippen molar-refractivity contribution in [2.45, 2.75) is 26.7 Å². The molecule has 0 saturated heterocycles. The number of aldehydes is 1. The summed E-state index contributed by atoms with van der Waals surface area (Å²) >= 11 is 0. The van der Waals surface area contributed by atoms with E-state index < -0.39 is 0 Å². The summed E-state index contributed by atoms with van der Waals surface area (Å²) < 4.78 is 0. The highest BCUT2D eigenvalue weighted by Gasteiger charge is 2.24. The van der Waals surface area contributed by atoms with Crippen molar-refractivity contribution >= 4 is 17.9 Å². The molecule has 0 atom stereocenters. The molecule has 0 N–H and O–H groups in total. The Labute approximate surface area is 130 Å². The standard InChI is InChI=1S/C19H19NO2/c1-13-10-14(2)17-4-3-9-20(18(17)11-13)19(22)16-7-5-15(12-21)6-8-16/h5-8,10-12H,3-4,9H2,1-2H3. The van der Waals surface area contributed by atoms with Crippen LogP contribution in [0.15, 0.2) is 36.4 Å². The van der Waals surface area contributed by atoms with Gasteiger partial charge in [-0.2, -0.15) is 0 Å². The lowest BCUT2D eigenvalue weighted by atomic mass is 9.94. The Kier molecular flexibility index (Phi) is 3.80. The maximum absolute atomic E-state index is 12.8. The molecule has 0 saturated carbocycles. The summed E-state index contributed by atoms with van der Waals surface area (Å²) in [6.45, 7) is 4.91. The second kappa shape index (κ2) is 5.76. The number of hydrogen-bond acceptors (Lipinski definition) is 2. The molecule has 2 aromatic rings. The van der Waals surface area contributed by atoms with E-state index in [4.69, 9.17) is 0 Å². The van der Waals surface area contributed by atoms with Gasteiger partial charge in [-0.15, -0.1) is 0 Å². The summed E-state index contributed by atoms with van der Waals surface area (Å²) in [6.07, 6.45) is 2.79. The van der Waals surface area contributed by atoms with Gasteiger partial charge in [-0.05, 0) is 61.6 Å². The number of amides is 1. The molecule has 0 fully saturated rings. The molecule has 1 amide bonds. The Bertz CT molecular complexity index is 732. The number of fused-ring (bicyclic) bond motifs is 1. The normalized spacial score (nSPS) is 13.6. The van der Waals surface area contributed by atoms with Gasteiger partial charge >= 0.3 is 0 Å². The fraction of sp³-hybridized carbons (Fsp3) is 0.263. The molecular formula is C19H19NO2. The van der Waals surface area contributed by atoms with Crippen molar-refractivity contribution < 1.29 is 9.59 Å². The Morgan fingerprint density at radius 3 is 2.55 bits per heavy atom. The number of carbonyl (C=O) groups is 2. The third kappa shape index (κ3) is 2.54. The first-order valence-electron chi connectivity index (χ1n) is 7.57. The van der Waals surface area contributed by atoms with Gasteiger partial charge in [-0.25, -0.2) is 0 Å². The molecule has 3 rings (SSSR count). The average molecular weight is 293 g/mol. The SMILES string of the molecule is Cc1cc(C)c2c(c1)N(C(=O)c1ccc(C=O)cc1)CCC2. The van der Waals surface area contributed by atoms with Gasteiger partial charge in [0.05, 0.1) is 0 Å². The highest BCUT2D eigenvalue weighted by atomic mass is 16.2. The summed E-state index contributed by atoms with van der Waals surface area (Å²) in [5.41, 5.74) is 5.94. The van der Waals surface area contributed by atoms with Gasteiger partial charge in [-0.1, -0.05) is 18.2 Å². The number of hydrogen-bond donors (Lipinski definition) is 0. The molecular weight excluding hydrogens is 274 g/mol. The van der Waals surface area contributed by atoms with E-state index in [1.807, 2.05) is 4.90 Å². The van der Waals surface area contributed by atoms with E-state index in [9.17, 15) is 9.59 Å². The fourth-order valence-corrected chi connectivity index (χ4v) is 3.15. The predicted octanol–water partition coefficient (Wildman–Crippen LogP) is 3.71. The van der Waals surface area contributed by atoms with Crippen molar-refractivity contribution in [3.05, 3.63) is 64.2 Å². The zero-order valence-corrected chi connectivity index (χ0v) is 12.9. The molecule has 3 nitrogen and oxygen atoms in total. The zero-order valence-electron chi connectivity index (χ0n) is 12.9. The van der Waals surface area contributed by atoms with Crippen LogP contribution in [0.2, 0.25) is 0 Å². The number of anilines is 1. The van der Waals surface area contributed by atoms with Gasteiger partial charge in [0.25, 0.3) is 5.91 Å². The lowest BCUT2D eigenvalue weighted by molar-refractivity contribution is 0.0984. The van der Waals surface area contributed by atoms with Crippen molar-refractivity contribution in [2.75, 3.05) is 11.4 Å². The van der Waals surface area contributed by atoms with Crippen LogP contribution >= 0.6 is 0 Å². The third-order valence-corrected chi connectivity index (χ3v) is 4.23. The van der Waals surface area contributed by atoms with E-state index >= 15 is 0 Å². The number of aryl methyl sites for hydroxylation is 2. The largest absolute Gasteiger partial charge is 0.308 e. The van der Waals surface area contributed by atoms with Crippen LogP contribution in [0.3, 0.4) is 0 Å². The molecule has 0 radical (unpaired) electrons. The summed E-state index contributed by atoms with van der Waals surface area (Å²) in [5, 5.41) is 0. The monoisotopic (exact) mass is 293 g/mol. The molecule has 1 heterocycles. The van der Waals surface area contributed by atoms with Crippen LogP contribution in [0.25, 0.3) is 0 Å². The minimum absolute atomic E-state index is 0.00315. The zero-order chi connectivity index (χ0) is 15.7. The van der Waals surface area contributed by atoms with Crippen molar-refractivity contribution in [3.8, 4) is 0 Å². The van der Waals surface area contributed by atoms with Gasteiger partial charge in [0, 0.05) is 23.4 Å². The number of rotatable bonds is 2. The minimum Gasteiger partial charge on any atom is -0.308 e. The van der Waals surface area contributed by atoms with E-state index in [2.05, 4.69) is 26.0 Å². The topological polar surface area (TPSA) is 37.4 Å². The number of carbonyl (C=O) groups excluding carboxylic acids is 2. The van der Waals surface area contributed by atoms with E-state index in [0.29, 0.717) is 11.1 Å². The Morgan fingerprint density at radius 2 is 1.86 bits per heavy atom. The van der Waals surface area contributed by atoms with Crippen LogP contribution < -0.4 is 4.90 Å². The molecule has 1 aliphatic rings. The molecule has 0 bridgehead atoms. The van der Waals surface area contributed by atoms with Crippen LogP contribution in [-0.4, -0.2) is 18.7 Å². The van der Waals surface area contributed by atoms with Crippen LogP contribution in [0.4, 0.5) is 5.69 Å². The van der Waals surface area contributed by atoms with E-state index in [0.717, 1.165) is 31.4 Å². The van der Waals surface area contributed by atoms with Gasteiger partial charge in [-0.3, -0.25) is 9.59 Å². The van der Waals surface area contributed by atoms with Crippen molar-refractivity contribution in [2.24, 2.45) is 0 Å². The van der Waals surface area contributed by atoms with Gasteiger partial charge in [0.2, 0.25) is 0 Å². The highest BCUT2D eigenvalue weighted by Crippen LogP contribution is 2.32. The molecule has 3 heteroatoms. The molecule has 22 heavy (non-hydrogen) atoms. The highest BCUT2D eigenvalue weighted by molar-refractivity contribution is 6.07. The Balaban J connectivity index is 1.99. The van der Waals surface area contributed by atoms with Gasteiger partial charge in [0.15, 0.2) is 0 Å². The van der Waals surface area contributed by atoms with E-state index in [-0.39, 0.29) is 5.91 Å². The first-order chi connectivity index (χ1) is 10.6. The summed E-state index contributed by atoms with van der Waals surface area (Å²) in [6, 6.07) is 11.1. The minimum atomic E-state index is 0.00315. The van der Waals surface area contributed by atoms with Crippen molar-refractivity contribution in [3.63, 3.8) is 0 Å². The van der Waals surface area contributed by atoms with Gasteiger partial charge in [0.1, 0.15) is 6.29 Å². The summed E-state index contributed by atoms with van der Waals surface area (Å²) in [4.78, 5) is 25.4. The first-order valence-corrected chi connectivity index (χ1v) is 7.57. The molecule has 1 aliphatic heterocycles. The maximum Gasteiger partial charge on any atom is 0.258 e. The number of benzene rings is 2. The van der Waals surface area contributed by atoms with E-state index in [1.54, 1.807) is 24.3 Å². The predicted molar refractivity (Wildman–Crippen MR) is 87.7 cm³/mol. The van der Waals surface area contributed by atoms with E-state index in [1.165, 1.54) is 16.7 Å². The molecule has 112 valence electrons. The molecule has 0 unspecified atom stereocenters. The smallest absolute Gasteiger partial charge is 0.258 e. The number of nitrogens with zero attached hydrogens (tertiary/aromatic N) is 1. The second-order valence-corrected chi connectivity index (χ2v) is 5.88. The lowest BCUT2D eigenvalue weighted by Crippen LogP contribution is -2.35. The molecule has 0 aliphatic carbocycles. The molecule has 2 aromatic carbocycles. The van der Waals surface area contributed by atoms with Crippen LogP contribution in [0.1, 0.15) is 43.8 Å². The van der Waals surface area contributed by atoms with Crippen LogP contribution in [0.5, 0.6) is 0 Å². The van der Waals surface area contributed by atoms with Gasteiger partial charge < -0.3 is 4.90 Å². The quantitative estimate of drug-likeness (QED) is 0.792. The Morgan fingerprint density at radius 1 is 1.14 bits per heavy atom. The molecule has 0 aromatic heterocycles. The lowest BCUT2D eigenvalue weighted by Gasteiger charge is -2.31. The van der Waals surface area contributed by atoms with Crippen LogP contribution in [-0.2, 0) is 6.42 Å². The summed E-state index contributed by atoms with van der Waals surface area (Å²) in [5.74, 6) is 0.00315. The van der Waals surface area contributed by atoms with Crippen LogP contribution in [0, 0.1) is 13.8 Å². The van der Waals surface area contributed by atoms with Crippen molar-refractivity contribution in [1.29, 1.82) is 0 Å². The Hall–Kier alpha value is -2.42. The summed E-state index contributed by atoms with van der Waals surface area (Å²) in [7, 11) is 0. The third-order valence-electron chi connectivity index (χ3n) is 4.23. The average Bonchev–Trinajstić information content (AvgIpc) is 2.54. The maximum atomic E-state index is 12.8. The fourth-order valence-electron chi connectivity index (χ4n) is 3.15. The molecule has 0 spiro atoms.